The normalized spacial score (nSPS) is 20.6. The van der Waals surface area contributed by atoms with Crippen molar-refractivity contribution in [2.45, 2.75) is 39.2 Å². The summed E-state index contributed by atoms with van der Waals surface area (Å²) in [7, 11) is 0. The lowest BCUT2D eigenvalue weighted by Crippen LogP contribution is -2.26. The van der Waals surface area contributed by atoms with Crippen LogP contribution in [0.25, 0.3) is 0 Å². The number of nitrogens with one attached hydrogen (secondary N) is 1. The predicted octanol–water partition coefficient (Wildman–Crippen LogP) is 2.32. The first-order valence-electron chi connectivity index (χ1n) is 6.66. The highest BCUT2D eigenvalue weighted by Crippen LogP contribution is 2.35. The van der Waals surface area contributed by atoms with Gasteiger partial charge in [-0.15, -0.1) is 11.3 Å². The van der Waals surface area contributed by atoms with Gasteiger partial charge in [0, 0.05) is 6.04 Å². The molecule has 19 heavy (non-hydrogen) atoms. The minimum atomic E-state index is -0.153. The molecule has 1 heterocycles. The van der Waals surface area contributed by atoms with Gasteiger partial charge in [0.05, 0.1) is 9.75 Å². The molecule has 0 saturated heterocycles. The van der Waals surface area contributed by atoms with Crippen LogP contribution >= 0.6 is 11.3 Å². The van der Waals surface area contributed by atoms with Gasteiger partial charge < -0.3 is 10.4 Å². The summed E-state index contributed by atoms with van der Waals surface area (Å²) in [5.41, 5.74) is 0.997. The number of aryl methyl sites for hydroxylation is 1. The highest BCUT2D eigenvalue weighted by Gasteiger charge is 2.37. The lowest BCUT2D eigenvalue weighted by molar-refractivity contribution is 0.0953. The van der Waals surface area contributed by atoms with Crippen molar-refractivity contribution in [2.75, 3.05) is 6.61 Å². The Morgan fingerprint density at radius 3 is 3.11 bits per heavy atom. The fourth-order valence-electron chi connectivity index (χ4n) is 2.19. The van der Waals surface area contributed by atoms with Gasteiger partial charge in [-0.25, -0.2) is 0 Å². The van der Waals surface area contributed by atoms with Crippen molar-refractivity contribution >= 4 is 17.2 Å². The van der Waals surface area contributed by atoms with Gasteiger partial charge in [0.2, 0.25) is 0 Å². The smallest absolute Gasteiger partial charge is 0.261 e. The van der Waals surface area contributed by atoms with Crippen LogP contribution in [0.15, 0.2) is 6.07 Å². The molecule has 2 N–H and O–H groups in total. The van der Waals surface area contributed by atoms with E-state index in [1.165, 1.54) is 24.2 Å². The first kappa shape index (κ1) is 14.1. The Morgan fingerprint density at radius 2 is 2.42 bits per heavy atom. The molecule has 0 aliphatic heterocycles. The van der Waals surface area contributed by atoms with E-state index in [4.69, 9.17) is 5.11 Å². The van der Waals surface area contributed by atoms with Gasteiger partial charge in [-0.05, 0) is 37.3 Å². The van der Waals surface area contributed by atoms with Crippen molar-refractivity contribution in [2.24, 2.45) is 5.92 Å². The van der Waals surface area contributed by atoms with Crippen LogP contribution < -0.4 is 5.32 Å². The van der Waals surface area contributed by atoms with Crippen LogP contribution in [0, 0.1) is 24.7 Å². The molecule has 0 bridgehead atoms. The maximum atomic E-state index is 12.1. The van der Waals surface area contributed by atoms with Gasteiger partial charge in [0.1, 0.15) is 6.61 Å². The van der Waals surface area contributed by atoms with Gasteiger partial charge in [-0.2, -0.15) is 0 Å². The summed E-state index contributed by atoms with van der Waals surface area (Å²) in [5, 5.41) is 11.8. The summed E-state index contributed by atoms with van der Waals surface area (Å²) >= 11 is 1.40. The SMILES string of the molecule is CCCC1CC1NC(=O)c1cc(C)c(C#CCO)s1. The van der Waals surface area contributed by atoms with Crippen LogP contribution in [0.4, 0.5) is 0 Å². The highest BCUT2D eigenvalue weighted by molar-refractivity contribution is 7.14. The van der Waals surface area contributed by atoms with Crippen molar-refractivity contribution in [3.8, 4) is 11.8 Å². The van der Waals surface area contributed by atoms with Gasteiger partial charge >= 0.3 is 0 Å². The molecule has 2 atom stereocenters. The zero-order chi connectivity index (χ0) is 13.8. The van der Waals surface area contributed by atoms with Crippen LogP contribution in [-0.4, -0.2) is 23.7 Å². The Bertz CT molecular complexity index is 524. The largest absolute Gasteiger partial charge is 0.384 e. The fourth-order valence-corrected chi connectivity index (χ4v) is 3.14. The molecule has 4 heteroatoms. The molecule has 0 aromatic carbocycles. The van der Waals surface area contributed by atoms with Gasteiger partial charge in [0.15, 0.2) is 0 Å². The van der Waals surface area contributed by atoms with E-state index >= 15 is 0 Å². The van der Waals surface area contributed by atoms with E-state index in [1.807, 2.05) is 13.0 Å². The number of aliphatic hydroxyl groups excluding tert-OH is 1. The quantitative estimate of drug-likeness (QED) is 0.830. The van der Waals surface area contributed by atoms with Crippen LogP contribution in [0.3, 0.4) is 0 Å². The molecular weight excluding hydrogens is 258 g/mol. The maximum Gasteiger partial charge on any atom is 0.261 e. The number of amides is 1. The molecule has 3 nitrogen and oxygen atoms in total. The number of thiophene rings is 1. The van der Waals surface area contributed by atoms with Crippen molar-refractivity contribution < 1.29 is 9.90 Å². The molecule has 2 unspecified atom stereocenters. The molecule has 0 spiro atoms. The molecule has 1 aromatic rings. The summed E-state index contributed by atoms with van der Waals surface area (Å²) in [6.07, 6.45) is 3.48. The molecule has 1 saturated carbocycles. The third kappa shape index (κ3) is 3.59. The third-order valence-electron chi connectivity index (χ3n) is 3.32. The number of carbonyl (C=O) groups excluding carboxylic acids is 1. The van der Waals surface area contributed by atoms with E-state index in [1.54, 1.807) is 0 Å². The van der Waals surface area contributed by atoms with Crippen LogP contribution in [0.1, 0.15) is 46.3 Å². The molecule has 102 valence electrons. The first-order chi connectivity index (χ1) is 9.15. The number of carbonyl (C=O) groups is 1. The average molecular weight is 277 g/mol. The van der Waals surface area contributed by atoms with Crippen LogP contribution in [0.2, 0.25) is 0 Å². The van der Waals surface area contributed by atoms with Crippen molar-refractivity contribution in [3.05, 3.63) is 21.4 Å². The Morgan fingerprint density at radius 1 is 1.63 bits per heavy atom. The summed E-state index contributed by atoms with van der Waals surface area (Å²) in [5.74, 6) is 6.17. The second-order valence-electron chi connectivity index (χ2n) is 4.95. The summed E-state index contributed by atoms with van der Waals surface area (Å²) < 4.78 is 0. The molecule has 1 aliphatic carbocycles. The Balaban J connectivity index is 1.97. The van der Waals surface area contributed by atoms with Crippen LogP contribution in [-0.2, 0) is 0 Å². The number of aliphatic hydroxyl groups is 1. The lowest BCUT2D eigenvalue weighted by Gasteiger charge is -2.01. The minimum absolute atomic E-state index is 0.00810. The standard InChI is InChI=1S/C15H19NO2S/c1-3-5-11-9-12(11)16-15(18)14-8-10(2)13(19-14)6-4-7-17/h8,11-12,17H,3,5,7,9H2,1-2H3,(H,16,18). The van der Waals surface area contributed by atoms with E-state index in [9.17, 15) is 4.79 Å². The Hall–Kier alpha value is -1.31. The van der Waals surface area contributed by atoms with E-state index in [0.717, 1.165) is 16.9 Å². The number of hydrogen-bond donors (Lipinski definition) is 2. The maximum absolute atomic E-state index is 12.1. The zero-order valence-electron chi connectivity index (χ0n) is 11.3. The zero-order valence-corrected chi connectivity index (χ0v) is 12.1. The Labute approximate surface area is 118 Å². The van der Waals surface area contributed by atoms with E-state index in [2.05, 4.69) is 24.1 Å². The van der Waals surface area contributed by atoms with E-state index in [0.29, 0.717) is 16.8 Å². The second kappa shape index (κ2) is 6.23. The van der Waals surface area contributed by atoms with Crippen molar-refractivity contribution in [1.29, 1.82) is 0 Å². The lowest BCUT2D eigenvalue weighted by atomic mass is 10.2. The molecule has 1 amide bonds. The predicted molar refractivity (Wildman–Crippen MR) is 77.3 cm³/mol. The van der Waals surface area contributed by atoms with Crippen LogP contribution in [0.5, 0.6) is 0 Å². The molecule has 1 aromatic heterocycles. The van der Waals surface area contributed by atoms with Gasteiger partial charge in [0.25, 0.3) is 5.91 Å². The van der Waals surface area contributed by atoms with Gasteiger partial charge in [-0.3, -0.25) is 4.79 Å². The second-order valence-corrected chi connectivity index (χ2v) is 6.00. The van der Waals surface area contributed by atoms with Gasteiger partial charge in [-0.1, -0.05) is 25.2 Å². The molecule has 1 fully saturated rings. The van der Waals surface area contributed by atoms with Crippen molar-refractivity contribution in [3.63, 3.8) is 0 Å². The number of hydrogen-bond acceptors (Lipinski definition) is 3. The average Bonchev–Trinajstić information content (AvgIpc) is 2.99. The summed E-state index contributed by atoms with van der Waals surface area (Å²) in [6, 6.07) is 2.24. The molecule has 1 aliphatic rings. The molecule has 0 radical (unpaired) electrons. The first-order valence-corrected chi connectivity index (χ1v) is 7.48. The monoisotopic (exact) mass is 277 g/mol. The summed E-state index contributed by atoms with van der Waals surface area (Å²) in [4.78, 5) is 13.7. The topological polar surface area (TPSA) is 49.3 Å². The molecule has 2 rings (SSSR count). The number of rotatable bonds is 4. The van der Waals surface area contributed by atoms with E-state index in [-0.39, 0.29) is 12.5 Å². The fraction of sp³-hybridized carbons (Fsp3) is 0.533. The molecular formula is C15H19NO2S. The Kier molecular flexibility index (Phi) is 4.62. The minimum Gasteiger partial charge on any atom is -0.384 e. The van der Waals surface area contributed by atoms with Crippen molar-refractivity contribution in [1.82, 2.24) is 5.32 Å². The summed E-state index contributed by atoms with van der Waals surface area (Å²) in [6.45, 7) is 3.96. The van der Waals surface area contributed by atoms with E-state index < -0.39 is 0 Å². The highest BCUT2D eigenvalue weighted by atomic mass is 32.1. The third-order valence-corrected chi connectivity index (χ3v) is 4.47.